The van der Waals surface area contributed by atoms with Crippen LogP contribution in [0.1, 0.15) is 18.5 Å². The number of carbonyl (C=O) groups excluding carboxylic acids is 1. The molecule has 1 amide bonds. The minimum absolute atomic E-state index is 0.120. The number of rotatable bonds is 9. The quantitative estimate of drug-likeness (QED) is 0.475. The van der Waals surface area contributed by atoms with Crippen LogP contribution in [0, 0.1) is 0 Å². The highest BCUT2D eigenvalue weighted by Gasteiger charge is 2.17. The molecule has 0 aliphatic carbocycles. The average Bonchev–Trinajstić information content (AvgIpc) is 3.16. The fourth-order valence-corrected chi connectivity index (χ4v) is 3.85. The highest BCUT2D eigenvalue weighted by Crippen LogP contribution is 2.26. The number of halogens is 2. The van der Waals surface area contributed by atoms with E-state index in [1.807, 2.05) is 29.7 Å². The molecule has 2 aromatic heterocycles. The highest BCUT2D eigenvalue weighted by molar-refractivity contribution is 7.99. The fourth-order valence-electron chi connectivity index (χ4n) is 2.77. The Morgan fingerprint density at radius 3 is 2.67 bits per heavy atom. The second kappa shape index (κ2) is 10.8. The predicted octanol–water partition coefficient (Wildman–Crippen LogP) is 4.26. The molecule has 0 saturated carbocycles. The summed E-state index contributed by atoms with van der Waals surface area (Å²) in [5, 5.41) is 13.1. The van der Waals surface area contributed by atoms with E-state index in [1.165, 1.54) is 11.8 Å². The van der Waals surface area contributed by atoms with Crippen molar-refractivity contribution < 1.29 is 9.53 Å². The molecule has 0 radical (unpaired) electrons. The molecule has 0 fully saturated rings. The predicted molar refractivity (Wildman–Crippen MR) is 119 cm³/mol. The molecule has 0 spiro atoms. The highest BCUT2D eigenvalue weighted by atomic mass is 35.5. The van der Waals surface area contributed by atoms with Crippen LogP contribution in [0.3, 0.4) is 0 Å². The molecule has 0 bridgehead atoms. The zero-order valence-corrected chi connectivity index (χ0v) is 18.8. The Morgan fingerprint density at radius 2 is 1.97 bits per heavy atom. The Bertz CT molecular complexity index is 1000. The van der Waals surface area contributed by atoms with Crippen LogP contribution in [0.15, 0.2) is 47.9 Å². The number of ether oxygens (including phenoxy) is 1. The molecule has 1 atom stereocenters. The van der Waals surface area contributed by atoms with Gasteiger partial charge in [-0.15, -0.1) is 10.2 Å². The van der Waals surface area contributed by atoms with Crippen LogP contribution < -0.4 is 5.32 Å². The van der Waals surface area contributed by atoms with Crippen molar-refractivity contribution in [3.05, 3.63) is 58.3 Å². The third-order valence-electron chi connectivity index (χ3n) is 4.33. The van der Waals surface area contributed by atoms with Crippen LogP contribution in [0.25, 0.3) is 11.4 Å². The molecule has 2 heterocycles. The van der Waals surface area contributed by atoms with Gasteiger partial charge in [0.05, 0.1) is 35.0 Å². The maximum absolute atomic E-state index is 12.5. The minimum atomic E-state index is -0.202. The van der Waals surface area contributed by atoms with Crippen LogP contribution in [0.4, 0.5) is 0 Å². The van der Waals surface area contributed by atoms with Gasteiger partial charge in [-0.25, -0.2) is 0 Å². The van der Waals surface area contributed by atoms with Crippen molar-refractivity contribution in [1.82, 2.24) is 25.1 Å². The second-order valence-electron chi connectivity index (χ2n) is 6.44. The van der Waals surface area contributed by atoms with E-state index >= 15 is 0 Å². The van der Waals surface area contributed by atoms with Gasteiger partial charge >= 0.3 is 0 Å². The summed E-state index contributed by atoms with van der Waals surface area (Å²) < 4.78 is 7.15. The van der Waals surface area contributed by atoms with Gasteiger partial charge in [0.25, 0.3) is 0 Å². The van der Waals surface area contributed by atoms with E-state index in [1.54, 1.807) is 31.6 Å². The van der Waals surface area contributed by atoms with Crippen LogP contribution in [0.2, 0.25) is 10.0 Å². The van der Waals surface area contributed by atoms with E-state index in [0.717, 1.165) is 11.1 Å². The van der Waals surface area contributed by atoms with Gasteiger partial charge in [-0.1, -0.05) is 41.0 Å². The molecule has 1 N–H and O–H groups in total. The lowest BCUT2D eigenvalue weighted by Gasteiger charge is -2.15. The van der Waals surface area contributed by atoms with Crippen molar-refractivity contribution in [2.24, 2.45) is 0 Å². The normalized spacial score (nSPS) is 12.0. The number of carbonyl (C=O) groups is 1. The third-order valence-corrected chi connectivity index (χ3v) is 6.03. The number of pyridine rings is 1. The van der Waals surface area contributed by atoms with E-state index < -0.39 is 0 Å². The van der Waals surface area contributed by atoms with Crippen LogP contribution in [-0.2, 0) is 16.1 Å². The Kier molecular flexibility index (Phi) is 8.09. The Morgan fingerprint density at radius 1 is 1.20 bits per heavy atom. The van der Waals surface area contributed by atoms with Crippen LogP contribution in [-0.4, -0.2) is 45.1 Å². The number of hydrogen-bond acceptors (Lipinski definition) is 6. The lowest BCUT2D eigenvalue weighted by atomic mass is 10.1. The number of amides is 1. The first-order valence-corrected chi connectivity index (χ1v) is 10.9. The van der Waals surface area contributed by atoms with Crippen molar-refractivity contribution in [3.8, 4) is 11.4 Å². The van der Waals surface area contributed by atoms with Gasteiger partial charge in [-0.2, -0.15) is 0 Å². The molecule has 158 valence electrons. The lowest BCUT2D eigenvalue weighted by molar-refractivity contribution is -0.119. The first kappa shape index (κ1) is 22.6. The van der Waals surface area contributed by atoms with E-state index in [2.05, 4.69) is 20.5 Å². The summed E-state index contributed by atoms with van der Waals surface area (Å²) in [4.78, 5) is 16.5. The van der Waals surface area contributed by atoms with Crippen molar-refractivity contribution in [2.75, 3.05) is 19.5 Å². The van der Waals surface area contributed by atoms with Crippen molar-refractivity contribution in [3.63, 3.8) is 0 Å². The van der Waals surface area contributed by atoms with Gasteiger partial charge in [0, 0.05) is 25.1 Å². The molecular weight excluding hydrogens is 445 g/mol. The van der Waals surface area contributed by atoms with Crippen molar-refractivity contribution >= 4 is 40.9 Å². The fraction of sp³-hybridized carbons (Fsp3) is 0.300. The Balaban J connectivity index is 1.66. The summed E-state index contributed by atoms with van der Waals surface area (Å²) in [5.74, 6) is 0.791. The molecule has 30 heavy (non-hydrogen) atoms. The van der Waals surface area contributed by atoms with Crippen LogP contribution >= 0.6 is 35.0 Å². The molecule has 1 aromatic carbocycles. The lowest BCUT2D eigenvalue weighted by Crippen LogP contribution is -2.28. The second-order valence-corrected chi connectivity index (χ2v) is 8.19. The molecular formula is C20H21Cl2N5O2S. The zero-order chi connectivity index (χ0) is 21.5. The summed E-state index contributed by atoms with van der Waals surface area (Å²) in [5.41, 5.74) is 1.78. The number of methoxy groups -OCH3 is 1. The standard InChI is InChI=1S/C20H21Cl2N5O2S/c1-13(15-3-4-16(21)17(22)11-15)24-18(28)12-30-20-26-25-19(27(20)9-10-29-2)14-5-7-23-8-6-14/h3-8,11,13H,9-10,12H2,1-2H3,(H,24,28). The zero-order valence-electron chi connectivity index (χ0n) is 16.5. The molecule has 0 aliphatic rings. The van der Waals surface area contributed by atoms with Crippen molar-refractivity contribution in [1.29, 1.82) is 0 Å². The minimum Gasteiger partial charge on any atom is -0.383 e. The Labute approximate surface area is 189 Å². The third kappa shape index (κ3) is 5.72. The van der Waals surface area contributed by atoms with E-state index in [4.69, 9.17) is 27.9 Å². The number of aromatic nitrogens is 4. The van der Waals surface area contributed by atoms with E-state index in [-0.39, 0.29) is 17.7 Å². The summed E-state index contributed by atoms with van der Waals surface area (Å²) in [6.07, 6.45) is 3.41. The number of nitrogens with one attached hydrogen (secondary N) is 1. The van der Waals surface area contributed by atoms with Crippen molar-refractivity contribution in [2.45, 2.75) is 24.7 Å². The van der Waals surface area contributed by atoms with Gasteiger partial charge in [0.15, 0.2) is 11.0 Å². The van der Waals surface area contributed by atoms with Crippen LogP contribution in [0.5, 0.6) is 0 Å². The molecule has 3 rings (SSSR count). The Hall–Kier alpha value is -2.13. The number of benzene rings is 1. The molecule has 0 aliphatic heterocycles. The molecule has 3 aromatic rings. The van der Waals surface area contributed by atoms with Gasteiger partial charge in [0.1, 0.15) is 0 Å². The summed E-state index contributed by atoms with van der Waals surface area (Å²) in [7, 11) is 1.64. The van der Waals surface area contributed by atoms with Gasteiger partial charge in [-0.05, 0) is 36.8 Å². The molecule has 7 nitrogen and oxygen atoms in total. The molecule has 10 heteroatoms. The summed E-state index contributed by atoms with van der Waals surface area (Å²) in [6.45, 7) is 2.97. The topological polar surface area (TPSA) is 81.9 Å². The summed E-state index contributed by atoms with van der Waals surface area (Å²) >= 11 is 13.3. The monoisotopic (exact) mass is 465 g/mol. The van der Waals surface area contributed by atoms with Gasteiger partial charge in [-0.3, -0.25) is 14.3 Å². The van der Waals surface area contributed by atoms with Gasteiger partial charge < -0.3 is 10.1 Å². The van der Waals surface area contributed by atoms with E-state index in [0.29, 0.717) is 34.2 Å². The number of hydrogen-bond donors (Lipinski definition) is 1. The smallest absolute Gasteiger partial charge is 0.230 e. The number of thioether (sulfide) groups is 1. The average molecular weight is 466 g/mol. The maximum Gasteiger partial charge on any atom is 0.230 e. The largest absolute Gasteiger partial charge is 0.383 e. The SMILES string of the molecule is COCCn1c(SCC(=O)NC(C)c2ccc(Cl)c(Cl)c2)nnc1-c1ccncc1. The molecule has 0 saturated heterocycles. The molecule has 1 unspecified atom stereocenters. The first-order valence-electron chi connectivity index (χ1n) is 9.19. The van der Waals surface area contributed by atoms with Gasteiger partial charge in [0.2, 0.25) is 5.91 Å². The van der Waals surface area contributed by atoms with E-state index in [9.17, 15) is 4.79 Å². The first-order chi connectivity index (χ1) is 14.5. The maximum atomic E-state index is 12.5. The number of nitrogens with zero attached hydrogens (tertiary/aromatic N) is 4. The summed E-state index contributed by atoms with van der Waals surface area (Å²) in [6, 6.07) is 8.85.